The van der Waals surface area contributed by atoms with Crippen molar-refractivity contribution in [3.8, 4) is 40.3 Å². The van der Waals surface area contributed by atoms with Crippen molar-refractivity contribution in [2.45, 2.75) is 157 Å². The van der Waals surface area contributed by atoms with Crippen LogP contribution in [0.5, 0.6) is 18.0 Å². The number of hydrogen-bond donors (Lipinski definition) is 4. The zero-order chi connectivity index (χ0) is 84.8. The summed E-state index contributed by atoms with van der Waals surface area (Å²) in [5.74, 6) is -1.09. The molecule has 5 fully saturated rings. The smallest absolute Gasteiger partial charge is 0.480 e. The van der Waals surface area contributed by atoms with Gasteiger partial charge in [-0.15, -0.1) is 0 Å². The molecule has 0 radical (unpaired) electrons. The molecule has 5 aliphatic rings. The SMILES string of the molecule is C.CC(=O)Cn1nc(C(C)=O)c2cc(B3OC(C)(C)C(C)(C)O3)ccc21.COc1ncc(-c2ccc3c(c2)c(C(C)=O)nn3CC(=O)N2[C@H](C(=O)Nc3cccc(Br)n3)C[C@@]3(C)C[C@@H]23)cn1.COc1ncc(-c2ccc3c(c2)c(C(C)=O)nn3CC(=O)O)cn1.COc1ncc(Br)cn1.C[C@@]12C[C@@H](C(=O)Nc3cccc(Br)n3)N[C@@H]1C2.S.S=S. The van der Waals surface area contributed by atoms with Gasteiger partial charge < -0.3 is 49.5 Å². The number of Topliss-reactive ketones (excluding diaryl/α,β-unsaturated/α-hetero) is 4. The number of anilines is 2. The van der Waals surface area contributed by atoms with Crippen LogP contribution in [0.15, 0.2) is 142 Å². The van der Waals surface area contributed by atoms with Crippen LogP contribution >= 0.6 is 61.3 Å². The minimum Gasteiger partial charge on any atom is -0.480 e. The number of carbonyl (C=O) groups is 8. The van der Waals surface area contributed by atoms with Crippen LogP contribution in [-0.2, 0) is 75.3 Å². The third-order valence-corrected chi connectivity index (χ3v) is 22.0. The molecule has 3 aliphatic heterocycles. The Balaban J connectivity index is 0.000000179. The zero-order valence-corrected chi connectivity index (χ0v) is 73.8. The van der Waals surface area contributed by atoms with Crippen LogP contribution in [0.3, 0.4) is 0 Å². The van der Waals surface area contributed by atoms with Gasteiger partial charge in [-0.2, -0.15) is 28.8 Å². The van der Waals surface area contributed by atoms with E-state index in [0.29, 0.717) is 73.0 Å². The van der Waals surface area contributed by atoms with Crippen molar-refractivity contribution >= 4 is 187 Å². The second-order valence-electron chi connectivity index (χ2n) is 29.8. The summed E-state index contributed by atoms with van der Waals surface area (Å²) in [5, 5.41) is 32.9. The molecular weight excluding hydrogens is 1780 g/mol. The summed E-state index contributed by atoms with van der Waals surface area (Å²) >= 11 is 17.1. The number of hydrogen-bond acceptors (Lipinski definition) is 27. The Bertz CT molecular complexity index is 5620. The minimum atomic E-state index is -1.03. The molecule has 3 amide bonds. The maximum Gasteiger partial charge on any atom is 0.494 e. The van der Waals surface area contributed by atoms with Gasteiger partial charge in [-0.05, 0) is 190 Å². The molecule has 2 aliphatic carbocycles. The zero-order valence-electron chi connectivity index (χ0n) is 66.4. The highest BCUT2D eigenvalue weighted by molar-refractivity contribution is 9.11. The molecule has 2 saturated carbocycles. The van der Waals surface area contributed by atoms with Gasteiger partial charge in [0.15, 0.2) is 23.1 Å². The third kappa shape index (κ3) is 21.7. The second kappa shape index (κ2) is 38.9. The van der Waals surface area contributed by atoms with E-state index in [-0.39, 0.29) is 122 Å². The molecule has 3 saturated heterocycles. The molecule has 624 valence electrons. The molecule has 39 heteroatoms. The number of likely N-dealkylation sites (tertiary alicyclic amines) is 1. The number of nitrogens with zero attached hydrogens (tertiary/aromatic N) is 15. The number of methoxy groups -OCH3 is 3. The van der Waals surface area contributed by atoms with Crippen LogP contribution in [0.4, 0.5) is 11.6 Å². The predicted octanol–water partition coefficient (Wildman–Crippen LogP) is 11.7. The van der Waals surface area contributed by atoms with Crippen molar-refractivity contribution in [1.82, 2.24) is 79.4 Å². The highest BCUT2D eigenvalue weighted by Crippen LogP contribution is 2.59. The van der Waals surface area contributed by atoms with Crippen molar-refractivity contribution in [2.24, 2.45) is 10.8 Å². The van der Waals surface area contributed by atoms with Crippen LogP contribution in [-0.4, -0.2) is 190 Å². The number of aromatic nitrogens is 14. The average molecular weight is 1870 g/mol. The van der Waals surface area contributed by atoms with E-state index in [2.05, 4.69) is 155 Å². The quantitative estimate of drug-likeness (QED) is 0.0332. The van der Waals surface area contributed by atoms with E-state index in [4.69, 9.17) is 28.6 Å². The maximum absolute atomic E-state index is 13.7. The van der Waals surface area contributed by atoms with E-state index in [0.717, 1.165) is 55.2 Å². The summed E-state index contributed by atoms with van der Waals surface area (Å²) < 4.78 is 33.5. The van der Waals surface area contributed by atoms with E-state index in [1.165, 1.54) is 60.1 Å². The standard InChI is InChI=1S/C28H26BrN7O4.C18H23BN2O4.C16H14N4O4.C12H14BrN3O.C5H5BrN2O.CH4.S2.H2S/c1-15(37)25-18-9-16(17-12-30-27(40-3)31-13-17)7-8-19(18)35(34-25)14-24(38)36-20(10-28(2)11-21(28)36)26(39)33-23-6-4-5-22(29)32-23;1-11(22)10-21-15-8-7-13(9-14(15)16(20-21)12(2)23)19-24-17(3,4)18(5,6)25-19;1-9(21)15-12-5-10(11-6-17-16(24-2)18-7-11)3-4-13(12)20(19-15)8-14(22)23;1-12-5-7(14-8(12)6-12)11(17)16-10-4-2-3-9(13)15-10;1-9-5-7-2-4(6)3-8-5;;1-2;/h4-9,12-13,20-21H,10-11,14H2,1-3H3,(H,32,33,39);7-9H,10H2,1-6H3;3-7H,8H2,1-2H3,(H,22,23);2-4,7-8,14H,5-6H2,1H3,(H,15,16,17);2-3H,1H3;1H4;;1H2/t20-,21+,28-;;;7-,8+,12-;;;;/m0..0..../s1. The minimum absolute atomic E-state index is 0. The number of carboxylic acid groups (broad SMARTS) is 1. The molecule has 4 N–H and O–H groups in total. The summed E-state index contributed by atoms with van der Waals surface area (Å²) in [6.45, 7) is 17.9. The number of amides is 3. The number of benzene rings is 3. The number of carbonyl (C=O) groups excluding carboxylic acids is 7. The first kappa shape index (κ1) is 92.6. The Hall–Kier alpha value is -10.3. The number of aliphatic carboxylic acids is 1. The summed E-state index contributed by atoms with van der Waals surface area (Å²) in [6, 6.07) is 28.0. The first-order valence-electron chi connectivity index (χ1n) is 36.5. The van der Waals surface area contributed by atoms with Crippen molar-refractivity contribution in [3.05, 3.63) is 159 Å². The summed E-state index contributed by atoms with van der Waals surface area (Å²) in [4.78, 5) is 132. The fraction of sp³-hybridized carbons (Fsp3) is 0.362. The van der Waals surface area contributed by atoms with Gasteiger partial charge in [-0.3, -0.25) is 52.4 Å². The fourth-order valence-electron chi connectivity index (χ4n) is 13.8. The van der Waals surface area contributed by atoms with Crippen LogP contribution in [0.1, 0.15) is 134 Å². The Morgan fingerprint density at radius 3 is 1.37 bits per heavy atom. The van der Waals surface area contributed by atoms with Crippen LogP contribution in [0, 0.1) is 10.8 Å². The number of carboxylic acids is 1. The fourth-order valence-corrected chi connectivity index (χ4v) is 14.7. The van der Waals surface area contributed by atoms with Gasteiger partial charge in [0.05, 0.1) is 66.1 Å². The van der Waals surface area contributed by atoms with E-state index < -0.39 is 30.3 Å². The molecule has 119 heavy (non-hydrogen) atoms. The topological polar surface area (TPSA) is 399 Å². The Labute approximate surface area is 727 Å². The van der Waals surface area contributed by atoms with Crippen molar-refractivity contribution in [2.75, 3.05) is 32.0 Å². The van der Waals surface area contributed by atoms with Gasteiger partial charge >= 0.3 is 31.1 Å². The molecule has 8 aromatic heterocycles. The lowest BCUT2D eigenvalue weighted by atomic mass is 9.78. The lowest BCUT2D eigenvalue weighted by Gasteiger charge is -2.32. The number of fused-ring (bicyclic) bond motifs is 5. The summed E-state index contributed by atoms with van der Waals surface area (Å²) in [5.41, 5.74) is 6.16. The summed E-state index contributed by atoms with van der Waals surface area (Å²) in [7, 11) is 4.00. The van der Waals surface area contributed by atoms with Crippen molar-refractivity contribution < 1.29 is 67.0 Å². The van der Waals surface area contributed by atoms with Crippen LogP contribution in [0.25, 0.3) is 55.0 Å². The lowest BCUT2D eigenvalue weighted by Crippen LogP contribution is -2.46. The van der Waals surface area contributed by atoms with E-state index in [1.807, 2.05) is 76.2 Å². The molecule has 11 heterocycles. The van der Waals surface area contributed by atoms with Gasteiger partial charge in [0.1, 0.15) is 57.1 Å². The number of pyridine rings is 2. The van der Waals surface area contributed by atoms with E-state index in [9.17, 15) is 38.4 Å². The lowest BCUT2D eigenvalue weighted by molar-refractivity contribution is -0.138. The first-order valence-corrected chi connectivity index (χ1v) is 40.2. The average Bonchev–Trinajstić information content (AvgIpc) is 1.54. The molecule has 0 spiro atoms. The highest BCUT2D eigenvalue weighted by atomic mass is 79.9. The van der Waals surface area contributed by atoms with Gasteiger partial charge in [0.2, 0.25) is 17.7 Å². The predicted molar refractivity (Wildman–Crippen MR) is 467 cm³/mol. The molecule has 0 bridgehead atoms. The monoisotopic (exact) mass is 1870 g/mol. The van der Waals surface area contributed by atoms with Crippen molar-refractivity contribution in [3.63, 3.8) is 0 Å². The van der Waals surface area contributed by atoms with Gasteiger partial charge in [-0.1, -0.05) is 57.7 Å². The first-order chi connectivity index (χ1) is 55.6. The number of ether oxygens (including phenoxy) is 3. The third-order valence-electron chi connectivity index (χ3n) is 20.7. The number of ketones is 4. The van der Waals surface area contributed by atoms with Crippen molar-refractivity contribution in [1.29, 1.82) is 0 Å². The van der Waals surface area contributed by atoms with Gasteiger partial charge in [0.25, 0.3) is 0 Å². The summed E-state index contributed by atoms with van der Waals surface area (Å²) in [6.07, 6.45) is 13.3. The van der Waals surface area contributed by atoms with Crippen LogP contribution in [0.2, 0.25) is 0 Å². The normalized spacial score (nSPS) is 18.9. The Kier molecular flexibility index (Phi) is 30.2. The van der Waals surface area contributed by atoms with Gasteiger partial charge in [0, 0.05) is 120 Å². The largest absolute Gasteiger partial charge is 0.494 e. The van der Waals surface area contributed by atoms with E-state index >= 15 is 0 Å². The molecule has 6 atom stereocenters. The highest BCUT2D eigenvalue weighted by Gasteiger charge is 2.64. The van der Waals surface area contributed by atoms with Crippen LogP contribution < -0.4 is 35.6 Å². The molecular formula is C80H88BBr3N18O14S3. The molecule has 32 nitrogen and oxygen atoms in total. The second-order valence-corrected chi connectivity index (χ2v) is 32.4. The number of halogens is 3. The molecule has 16 rings (SSSR count). The molecule has 0 unspecified atom stereocenters. The Morgan fingerprint density at radius 1 is 0.538 bits per heavy atom. The number of piperidine rings is 2. The molecule has 11 aromatic rings. The Morgan fingerprint density at radius 2 is 0.958 bits per heavy atom. The number of nitrogens with one attached hydrogen (secondary N) is 3. The number of rotatable bonds is 19. The van der Waals surface area contributed by atoms with E-state index in [1.54, 1.807) is 93.9 Å². The maximum atomic E-state index is 13.7. The molecule has 3 aromatic carbocycles. The van der Waals surface area contributed by atoms with Gasteiger partial charge in [-0.25, -0.2) is 39.9 Å².